The molecule has 1 aromatic heterocycles. The van der Waals surface area contributed by atoms with Gasteiger partial charge in [0.05, 0.1) is 18.9 Å². The SMILES string of the molecule is CCn1cc(C(O)C2CSCCO2)cn1. The predicted octanol–water partition coefficient (Wildman–Crippen LogP) is 1.07. The molecule has 0 amide bonds. The van der Waals surface area contributed by atoms with E-state index in [0.717, 1.165) is 30.2 Å². The molecular formula is C10H16N2O2S. The maximum atomic E-state index is 10.1. The Morgan fingerprint density at radius 1 is 1.80 bits per heavy atom. The van der Waals surface area contributed by atoms with Gasteiger partial charge in [-0.15, -0.1) is 0 Å². The van der Waals surface area contributed by atoms with Crippen LogP contribution >= 0.6 is 11.8 Å². The highest BCUT2D eigenvalue weighted by Crippen LogP contribution is 2.24. The maximum absolute atomic E-state index is 10.1. The molecule has 1 saturated heterocycles. The van der Waals surface area contributed by atoms with E-state index in [1.807, 2.05) is 29.6 Å². The standard InChI is InChI=1S/C10H16N2O2S/c1-2-12-6-8(5-11-12)10(13)9-7-15-4-3-14-9/h5-6,9-10,13H,2-4,7H2,1H3. The first-order valence-corrected chi connectivity index (χ1v) is 6.36. The van der Waals surface area contributed by atoms with E-state index >= 15 is 0 Å². The molecule has 0 aliphatic carbocycles. The number of aliphatic hydroxyl groups excluding tert-OH is 1. The van der Waals surface area contributed by atoms with Gasteiger partial charge in [-0.2, -0.15) is 16.9 Å². The van der Waals surface area contributed by atoms with Crippen molar-refractivity contribution in [2.24, 2.45) is 0 Å². The molecule has 15 heavy (non-hydrogen) atoms. The summed E-state index contributed by atoms with van der Waals surface area (Å²) >= 11 is 1.83. The number of aryl methyl sites for hydroxylation is 1. The number of aromatic nitrogens is 2. The first kappa shape index (κ1) is 11.0. The Labute approximate surface area is 93.6 Å². The van der Waals surface area contributed by atoms with Gasteiger partial charge >= 0.3 is 0 Å². The predicted molar refractivity (Wildman–Crippen MR) is 59.9 cm³/mol. The minimum absolute atomic E-state index is 0.0849. The van der Waals surface area contributed by atoms with Crippen molar-refractivity contribution in [1.29, 1.82) is 0 Å². The van der Waals surface area contributed by atoms with E-state index in [4.69, 9.17) is 4.74 Å². The molecule has 1 aliphatic heterocycles. The highest BCUT2D eigenvalue weighted by Gasteiger charge is 2.25. The van der Waals surface area contributed by atoms with Crippen LogP contribution in [0.4, 0.5) is 0 Å². The van der Waals surface area contributed by atoms with E-state index in [-0.39, 0.29) is 6.10 Å². The Morgan fingerprint density at radius 3 is 3.27 bits per heavy atom. The molecule has 1 N–H and O–H groups in total. The second-order valence-electron chi connectivity index (χ2n) is 3.56. The second kappa shape index (κ2) is 5.01. The van der Waals surface area contributed by atoms with Gasteiger partial charge in [-0.25, -0.2) is 0 Å². The highest BCUT2D eigenvalue weighted by atomic mass is 32.2. The van der Waals surface area contributed by atoms with Gasteiger partial charge < -0.3 is 9.84 Å². The third-order valence-corrected chi connectivity index (χ3v) is 3.53. The van der Waals surface area contributed by atoms with Crippen molar-refractivity contribution in [3.05, 3.63) is 18.0 Å². The molecule has 2 atom stereocenters. The van der Waals surface area contributed by atoms with Crippen LogP contribution in [0.15, 0.2) is 12.4 Å². The molecule has 2 unspecified atom stereocenters. The number of nitrogens with zero attached hydrogens (tertiary/aromatic N) is 2. The van der Waals surface area contributed by atoms with Gasteiger partial charge in [0.2, 0.25) is 0 Å². The Balaban J connectivity index is 2.02. The van der Waals surface area contributed by atoms with Crippen LogP contribution < -0.4 is 0 Å². The maximum Gasteiger partial charge on any atom is 0.109 e. The fourth-order valence-corrected chi connectivity index (χ4v) is 2.50. The van der Waals surface area contributed by atoms with Crippen LogP contribution in [0.3, 0.4) is 0 Å². The first-order valence-electron chi connectivity index (χ1n) is 5.21. The van der Waals surface area contributed by atoms with E-state index < -0.39 is 6.10 Å². The monoisotopic (exact) mass is 228 g/mol. The van der Waals surface area contributed by atoms with Crippen molar-refractivity contribution in [2.45, 2.75) is 25.7 Å². The lowest BCUT2D eigenvalue weighted by Gasteiger charge is -2.26. The molecular weight excluding hydrogens is 212 g/mol. The summed E-state index contributed by atoms with van der Waals surface area (Å²) in [5.74, 6) is 1.88. The van der Waals surface area contributed by atoms with Crippen LogP contribution in [0.2, 0.25) is 0 Å². The van der Waals surface area contributed by atoms with Crippen molar-refractivity contribution in [1.82, 2.24) is 9.78 Å². The van der Waals surface area contributed by atoms with E-state index in [1.165, 1.54) is 0 Å². The van der Waals surface area contributed by atoms with E-state index in [1.54, 1.807) is 6.20 Å². The molecule has 0 radical (unpaired) electrons. The second-order valence-corrected chi connectivity index (χ2v) is 4.71. The summed E-state index contributed by atoms with van der Waals surface area (Å²) in [5.41, 5.74) is 0.851. The lowest BCUT2D eigenvalue weighted by molar-refractivity contribution is -0.0227. The molecule has 0 spiro atoms. The molecule has 1 fully saturated rings. The van der Waals surface area contributed by atoms with Crippen molar-refractivity contribution < 1.29 is 9.84 Å². The van der Waals surface area contributed by atoms with Crippen LogP contribution in [-0.2, 0) is 11.3 Å². The lowest BCUT2D eigenvalue weighted by atomic mass is 10.1. The van der Waals surface area contributed by atoms with Crippen LogP contribution in [0.5, 0.6) is 0 Å². The minimum atomic E-state index is -0.543. The smallest absolute Gasteiger partial charge is 0.109 e. The summed E-state index contributed by atoms with van der Waals surface area (Å²) in [5, 5.41) is 14.2. The number of rotatable bonds is 3. The molecule has 2 rings (SSSR count). The number of thioether (sulfide) groups is 1. The van der Waals surface area contributed by atoms with Crippen LogP contribution in [-0.4, -0.2) is 39.1 Å². The zero-order valence-corrected chi connectivity index (χ0v) is 9.61. The molecule has 5 heteroatoms. The van der Waals surface area contributed by atoms with Gasteiger partial charge in [0.1, 0.15) is 6.10 Å². The average Bonchev–Trinajstić information content (AvgIpc) is 2.78. The fraction of sp³-hybridized carbons (Fsp3) is 0.700. The Kier molecular flexibility index (Phi) is 3.66. The molecule has 0 saturated carbocycles. The van der Waals surface area contributed by atoms with Crippen molar-refractivity contribution >= 4 is 11.8 Å². The summed E-state index contributed by atoms with van der Waals surface area (Å²) in [7, 11) is 0. The molecule has 84 valence electrons. The Morgan fingerprint density at radius 2 is 2.67 bits per heavy atom. The quantitative estimate of drug-likeness (QED) is 0.840. The van der Waals surface area contributed by atoms with Crippen LogP contribution in [0, 0.1) is 0 Å². The highest BCUT2D eigenvalue weighted by molar-refractivity contribution is 7.99. The largest absolute Gasteiger partial charge is 0.386 e. The van der Waals surface area contributed by atoms with Crippen LogP contribution in [0.1, 0.15) is 18.6 Å². The molecule has 0 aromatic carbocycles. The van der Waals surface area contributed by atoms with E-state index in [0.29, 0.717) is 0 Å². The van der Waals surface area contributed by atoms with Crippen LogP contribution in [0.25, 0.3) is 0 Å². The molecule has 0 bridgehead atoms. The molecule has 1 aromatic rings. The van der Waals surface area contributed by atoms with Gasteiger partial charge in [-0.05, 0) is 6.92 Å². The summed E-state index contributed by atoms with van der Waals surface area (Å²) in [6, 6.07) is 0. The Hall–Kier alpha value is -0.520. The van der Waals surface area contributed by atoms with Gasteiger partial charge in [-0.3, -0.25) is 4.68 Å². The third-order valence-electron chi connectivity index (χ3n) is 2.51. The Bertz CT molecular complexity index is 310. The van der Waals surface area contributed by atoms with Gasteiger partial charge in [-0.1, -0.05) is 0 Å². The summed E-state index contributed by atoms with van der Waals surface area (Å²) in [6.07, 6.45) is 2.97. The van der Waals surface area contributed by atoms with Gasteiger partial charge in [0.15, 0.2) is 0 Å². The number of hydrogen-bond donors (Lipinski definition) is 1. The summed E-state index contributed by atoms with van der Waals surface area (Å²) in [4.78, 5) is 0. The number of hydrogen-bond acceptors (Lipinski definition) is 4. The topological polar surface area (TPSA) is 47.3 Å². The van der Waals surface area contributed by atoms with Crippen molar-refractivity contribution in [2.75, 3.05) is 18.1 Å². The third kappa shape index (κ3) is 2.53. The lowest BCUT2D eigenvalue weighted by Crippen LogP contribution is -2.29. The van der Waals surface area contributed by atoms with E-state index in [9.17, 15) is 5.11 Å². The fourth-order valence-electron chi connectivity index (χ4n) is 1.61. The summed E-state index contributed by atoms with van der Waals surface area (Å²) in [6.45, 7) is 3.58. The van der Waals surface area contributed by atoms with E-state index in [2.05, 4.69) is 5.10 Å². The number of aliphatic hydroxyl groups is 1. The first-order chi connectivity index (χ1) is 7.31. The normalized spacial score (nSPS) is 24.0. The van der Waals surface area contributed by atoms with Crippen molar-refractivity contribution in [3.8, 4) is 0 Å². The molecule has 4 nitrogen and oxygen atoms in total. The zero-order valence-electron chi connectivity index (χ0n) is 8.80. The number of ether oxygens (including phenoxy) is 1. The molecule has 1 aliphatic rings. The minimum Gasteiger partial charge on any atom is -0.386 e. The van der Waals surface area contributed by atoms with Gasteiger partial charge in [0, 0.05) is 29.8 Å². The summed E-state index contributed by atoms with van der Waals surface area (Å²) < 4.78 is 7.34. The van der Waals surface area contributed by atoms with Gasteiger partial charge in [0.25, 0.3) is 0 Å². The molecule has 2 heterocycles. The van der Waals surface area contributed by atoms with Crippen molar-refractivity contribution in [3.63, 3.8) is 0 Å². The average molecular weight is 228 g/mol. The zero-order chi connectivity index (χ0) is 10.7.